The van der Waals surface area contributed by atoms with Gasteiger partial charge in [-0.15, -0.1) is 11.3 Å². The van der Waals surface area contributed by atoms with Crippen molar-refractivity contribution in [2.45, 2.75) is 26.8 Å². The summed E-state index contributed by atoms with van der Waals surface area (Å²) in [4.78, 5) is 6.93. The van der Waals surface area contributed by atoms with Gasteiger partial charge in [-0.1, -0.05) is 6.92 Å². The average Bonchev–Trinajstić information content (AvgIpc) is 2.80. The first-order valence-corrected chi connectivity index (χ1v) is 7.03. The zero-order valence-electron chi connectivity index (χ0n) is 11.2. The maximum absolute atomic E-state index is 5.11. The minimum atomic E-state index is 0.325. The molecule has 5 heteroatoms. The number of rotatable bonds is 8. The maximum Gasteiger partial charge on any atom is 0.185 e. The van der Waals surface area contributed by atoms with E-state index >= 15 is 0 Å². The molecule has 0 amide bonds. The summed E-state index contributed by atoms with van der Waals surface area (Å²) in [5.74, 6) is 0. The van der Waals surface area contributed by atoms with Crippen molar-refractivity contribution in [3.63, 3.8) is 0 Å². The van der Waals surface area contributed by atoms with Crippen LogP contribution in [0.3, 0.4) is 0 Å². The Hall–Kier alpha value is -0.650. The van der Waals surface area contributed by atoms with Crippen molar-refractivity contribution < 1.29 is 4.74 Å². The van der Waals surface area contributed by atoms with Crippen LogP contribution in [0.2, 0.25) is 0 Å². The van der Waals surface area contributed by atoms with Crippen LogP contribution >= 0.6 is 11.3 Å². The van der Waals surface area contributed by atoms with Crippen LogP contribution in [0.1, 0.15) is 32.5 Å². The largest absolute Gasteiger partial charge is 0.383 e. The molecule has 0 aliphatic carbocycles. The van der Waals surface area contributed by atoms with E-state index in [0.717, 1.165) is 37.1 Å². The van der Waals surface area contributed by atoms with Crippen molar-refractivity contribution in [1.82, 2.24) is 10.3 Å². The third kappa shape index (κ3) is 4.26. The Morgan fingerprint density at radius 2 is 2.29 bits per heavy atom. The number of hydrogen-bond donors (Lipinski definition) is 1. The van der Waals surface area contributed by atoms with E-state index in [2.05, 4.69) is 41.4 Å². The Balaban J connectivity index is 2.64. The van der Waals surface area contributed by atoms with Crippen LogP contribution in [-0.2, 0) is 4.74 Å². The molecule has 98 valence electrons. The predicted octanol–water partition coefficient (Wildman–Crippen LogP) is 2.29. The minimum Gasteiger partial charge on any atom is -0.383 e. The molecule has 0 aliphatic heterocycles. The molecular formula is C12H23N3OS. The Bertz CT molecular complexity index is 316. The van der Waals surface area contributed by atoms with Crippen LogP contribution in [0.4, 0.5) is 5.13 Å². The molecule has 1 atom stereocenters. The van der Waals surface area contributed by atoms with E-state index in [9.17, 15) is 0 Å². The highest BCUT2D eigenvalue weighted by Gasteiger charge is 2.12. The smallest absolute Gasteiger partial charge is 0.185 e. The van der Waals surface area contributed by atoms with Crippen molar-refractivity contribution >= 4 is 16.5 Å². The first-order chi connectivity index (χ1) is 8.22. The molecule has 1 heterocycles. The van der Waals surface area contributed by atoms with Gasteiger partial charge in [0.25, 0.3) is 0 Å². The molecule has 1 aromatic heterocycles. The molecule has 1 unspecified atom stereocenters. The van der Waals surface area contributed by atoms with Gasteiger partial charge in [0.1, 0.15) is 0 Å². The first-order valence-electron chi connectivity index (χ1n) is 6.15. The highest BCUT2D eigenvalue weighted by atomic mass is 32.1. The second-order valence-electron chi connectivity index (χ2n) is 3.91. The van der Waals surface area contributed by atoms with Crippen LogP contribution in [0.15, 0.2) is 5.38 Å². The predicted molar refractivity (Wildman–Crippen MR) is 74.0 cm³/mol. The summed E-state index contributed by atoms with van der Waals surface area (Å²) in [5, 5.41) is 6.60. The second-order valence-corrected chi connectivity index (χ2v) is 4.74. The number of ether oxygens (including phenoxy) is 1. The number of likely N-dealkylation sites (N-methyl/N-ethyl adjacent to an activating group) is 1. The van der Waals surface area contributed by atoms with Gasteiger partial charge in [0.2, 0.25) is 0 Å². The minimum absolute atomic E-state index is 0.325. The molecule has 0 radical (unpaired) electrons. The van der Waals surface area contributed by atoms with Gasteiger partial charge in [-0.2, -0.15) is 0 Å². The van der Waals surface area contributed by atoms with Gasteiger partial charge in [-0.05, 0) is 20.4 Å². The quantitative estimate of drug-likeness (QED) is 0.775. The van der Waals surface area contributed by atoms with Gasteiger partial charge in [0.15, 0.2) is 5.13 Å². The molecule has 1 aromatic rings. The van der Waals surface area contributed by atoms with E-state index in [0.29, 0.717) is 6.04 Å². The Labute approximate surface area is 108 Å². The molecule has 1 rings (SSSR count). The van der Waals surface area contributed by atoms with E-state index in [4.69, 9.17) is 4.74 Å². The monoisotopic (exact) mass is 257 g/mol. The zero-order valence-corrected chi connectivity index (χ0v) is 12.0. The van der Waals surface area contributed by atoms with E-state index in [1.54, 1.807) is 18.4 Å². The molecule has 17 heavy (non-hydrogen) atoms. The van der Waals surface area contributed by atoms with E-state index < -0.39 is 0 Å². The Morgan fingerprint density at radius 3 is 2.88 bits per heavy atom. The van der Waals surface area contributed by atoms with Gasteiger partial charge < -0.3 is 15.0 Å². The Morgan fingerprint density at radius 1 is 1.53 bits per heavy atom. The van der Waals surface area contributed by atoms with Crippen LogP contribution in [0.5, 0.6) is 0 Å². The molecule has 0 saturated heterocycles. The van der Waals surface area contributed by atoms with Crippen molar-refractivity contribution in [3.05, 3.63) is 11.1 Å². The summed E-state index contributed by atoms with van der Waals surface area (Å²) < 4.78 is 5.11. The van der Waals surface area contributed by atoms with Gasteiger partial charge in [0, 0.05) is 31.6 Å². The average molecular weight is 257 g/mol. The van der Waals surface area contributed by atoms with Crippen molar-refractivity contribution in [2.75, 3.05) is 38.3 Å². The summed E-state index contributed by atoms with van der Waals surface area (Å²) in [7, 11) is 1.73. The first kappa shape index (κ1) is 14.4. The molecule has 0 bridgehead atoms. The lowest BCUT2D eigenvalue weighted by Crippen LogP contribution is -2.27. The summed E-state index contributed by atoms with van der Waals surface area (Å²) in [5.41, 5.74) is 1.13. The van der Waals surface area contributed by atoms with E-state index in [1.165, 1.54) is 0 Å². The highest BCUT2D eigenvalue weighted by molar-refractivity contribution is 7.13. The van der Waals surface area contributed by atoms with Gasteiger partial charge in [-0.3, -0.25) is 0 Å². The van der Waals surface area contributed by atoms with Crippen molar-refractivity contribution in [1.29, 1.82) is 0 Å². The SMILES string of the molecule is CCNC(C)c1csc(N(CC)CCOC)n1. The third-order valence-electron chi connectivity index (χ3n) is 2.68. The van der Waals surface area contributed by atoms with Crippen LogP contribution in [0, 0.1) is 0 Å². The number of nitrogens with one attached hydrogen (secondary N) is 1. The molecule has 0 aromatic carbocycles. The van der Waals surface area contributed by atoms with Gasteiger partial charge in [0.05, 0.1) is 12.3 Å². The normalized spacial score (nSPS) is 12.7. The van der Waals surface area contributed by atoms with Crippen molar-refractivity contribution in [3.8, 4) is 0 Å². The number of aromatic nitrogens is 1. The second kappa shape index (κ2) is 7.63. The van der Waals surface area contributed by atoms with Gasteiger partial charge >= 0.3 is 0 Å². The molecule has 4 nitrogen and oxygen atoms in total. The maximum atomic E-state index is 5.11. The summed E-state index contributed by atoms with van der Waals surface area (Å²) >= 11 is 1.71. The molecule has 0 saturated carbocycles. The van der Waals surface area contributed by atoms with Crippen LogP contribution < -0.4 is 10.2 Å². The van der Waals surface area contributed by atoms with E-state index in [-0.39, 0.29) is 0 Å². The topological polar surface area (TPSA) is 37.4 Å². The van der Waals surface area contributed by atoms with E-state index in [1.807, 2.05) is 0 Å². The van der Waals surface area contributed by atoms with Gasteiger partial charge in [-0.25, -0.2) is 4.98 Å². The number of thiazole rings is 1. The summed E-state index contributed by atoms with van der Waals surface area (Å²) in [6.45, 7) is 9.97. The fourth-order valence-electron chi connectivity index (χ4n) is 1.62. The molecule has 0 spiro atoms. The third-order valence-corrected chi connectivity index (χ3v) is 3.60. The lowest BCUT2D eigenvalue weighted by molar-refractivity contribution is 0.205. The van der Waals surface area contributed by atoms with Crippen LogP contribution in [-0.4, -0.2) is 38.3 Å². The standard InChI is InChI=1S/C12H23N3OS/c1-5-13-10(3)11-9-17-12(14-11)15(6-2)7-8-16-4/h9-10,13H,5-8H2,1-4H3. The Kier molecular flexibility index (Phi) is 6.47. The fourth-order valence-corrected chi connectivity index (χ4v) is 2.63. The molecular weight excluding hydrogens is 234 g/mol. The highest BCUT2D eigenvalue weighted by Crippen LogP contribution is 2.23. The van der Waals surface area contributed by atoms with Crippen LogP contribution in [0.25, 0.3) is 0 Å². The molecule has 0 aliphatic rings. The number of nitrogens with zero attached hydrogens (tertiary/aromatic N) is 2. The number of anilines is 1. The zero-order chi connectivity index (χ0) is 12.7. The fraction of sp³-hybridized carbons (Fsp3) is 0.750. The molecule has 0 fully saturated rings. The number of methoxy groups -OCH3 is 1. The lowest BCUT2D eigenvalue weighted by Gasteiger charge is -2.19. The summed E-state index contributed by atoms with van der Waals surface area (Å²) in [6, 6.07) is 0.325. The molecule has 1 N–H and O–H groups in total. The van der Waals surface area contributed by atoms with Crippen molar-refractivity contribution in [2.24, 2.45) is 0 Å². The lowest BCUT2D eigenvalue weighted by atomic mass is 10.3. The number of hydrogen-bond acceptors (Lipinski definition) is 5. The summed E-state index contributed by atoms with van der Waals surface area (Å²) in [6.07, 6.45) is 0.